The fraction of sp³-hybridized carbons (Fsp3) is 0.500. The highest BCUT2D eigenvalue weighted by atomic mass is 16.5. The average molecular weight is 249 g/mol. The van der Waals surface area contributed by atoms with Crippen LogP contribution in [0.1, 0.15) is 18.9 Å². The number of hydrogen-bond acceptors (Lipinski definition) is 3. The highest BCUT2D eigenvalue weighted by Gasteiger charge is 2.24. The minimum Gasteiger partial charge on any atom is -0.494 e. The zero-order chi connectivity index (χ0) is 13.0. The van der Waals surface area contributed by atoms with E-state index >= 15 is 0 Å². The maximum absolute atomic E-state index is 12.0. The summed E-state index contributed by atoms with van der Waals surface area (Å²) in [5.74, 6) is 0.865. The molecule has 1 atom stereocenters. The van der Waals surface area contributed by atoms with Crippen LogP contribution in [-0.4, -0.2) is 41.7 Å². The summed E-state index contributed by atoms with van der Waals surface area (Å²) in [4.78, 5) is 13.7. The maximum Gasteiger partial charge on any atom is 0.227 e. The molecule has 1 aliphatic rings. The van der Waals surface area contributed by atoms with Gasteiger partial charge in [-0.2, -0.15) is 0 Å². The van der Waals surface area contributed by atoms with Gasteiger partial charge in [-0.1, -0.05) is 12.1 Å². The van der Waals surface area contributed by atoms with Crippen LogP contribution in [0.15, 0.2) is 24.3 Å². The molecule has 18 heavy (non-hydrogen) atoms. The third-order valence-electron chi connectivity index (χ3n) is 3.08. The molecular weight excluding hydrogens is 230 g/mol. The molecular formula is C14H19NO3. The van der Waals surface area contributed by atoms with Crippen molar-refractivity contribution >= 4 is 5.91 Å². The van der Waals surface area contributed by atoms with E-state index in [4.69, 9.17) is 4.74 Å². The number of nitrogens with zero attached hydrogens (tertiary/aromatic N) is 1. The molecule has 0 bridgehead atoms. The summed E-state index contributed by atoms with van der Waals surface area (Å²) in [5, 5.41) is 9.41. The van der Waals surface area contributed by atoms with Gasteiger partial charge < -0.3 is 14.7 Å². The van der Waals surface area contributed by atoms with E-state index in [0.717, 1.165) is 11.3 Å². The number of aliphatic hydroxyl groups excluding tert-OH is 1. The molecule has 2 rings (SSSR count). The van der Waals surface area contributed by atoms with E-state index in [2.05, 4.69) is 0 Å². The molecule has 1 amide bonds. The summed E-state index contributed by atoms with van der Waals surface area (Å²) in [5.41, 5.74) is 0.951. The Bertz CT molecular complexity index is 419. The van der Waals surface area contributed by atoms with Crippen molar-refractivity contribution < 1.29 is 14.6 Å². The van der Waals surface area contributed by atoms with Gasteiger partial charge in [-0.3, -0.25) is 4.79 Å². The molecule has 0 aromatic heterocycles. The van der Waals surface area contributed by atoms with E-state index in [1.54, 1.807) is 4.90 Å². The van der Waals surface area contributed by atoms with E-state index in [-0.39, 0.29) is 12.0 Å². The normalized spacial score (nSPS) is 19.0. The number of likely N-dealkylation sites (tertiary alicyclic amines) is 1. The van der Waals surface area contributed by atoms with Crippen molar-refractivity contribution in [3.8, 4) is 5.75 Å². The molecule has 0 radical (unpaired) electrons. The molecule has 98 valence electrons. The molecule has 4 heteroatoms. The van der Waals surface area contributed by atoms with Crippen LogP contribution in [0.3, 0.4) is 0 Å². The number of ether oxygens (including phenoxy) is 1. The molecule has 0 spiro atoms. The topological polar surface area (TPSA) is 49.8 Å². The minimum absolute atomic E-state index is 0.0696. The molecule has 0 unspecified atom stereocenters. The standard InChI is InChI=1S/C14H19NO3/c1-2-18-13-5-3-4-11(8-13)9-14(17)15-7-6-12(16)10-15/h3-5,8,12,16H,2,6-7,9-10H2,1H3/t12-/m1/s1. The first-order valence-corrected chi connectivity index (χ1v) is 6.36. The molecule has 0 saturated carbocycles. The van der Waals surface area contributed by atoms with Gasteiger partial charge >= 0.3 is 0 Å². The van der Waals surface area contributed by atoms with Gasteiger partial charge in [0.2, 0.25) is 5.91 Å². The lowest BCUT2D eigenvalue weighted by molar-refractivity contribution is -0.129. The number of benzene rings is 1. The van der Waals surface area contributed by atoms with Gasteiger partial charge in [0.15, 0.2) is 0 Å². The number of hydrogen-bond donors (Lipinski definition) is 1. The van der Waals surface area contributed by atoms with Crippen molar-refractivity contribution in [2.24, 2.45) is 0 Å². The van der Waals surface area contributed by atoms with Crippen molar-refractivity contribution in [3.05, 3.63) is 29.8 Å². The Labute approximate surface area is 107 Å². The lowest BCUT2D eigenvalue weighted by Crippen LogP contribution is -2.30. The van der Waals surface area contributed by atoms with Gasteiger partial charge in [0.1, 0.15) is 5.75 Å². The van der Waals surface area contributed by atoms with Crippen LogP contribution in [0.2, 0.25) is 0 Å². The second kappa shape index (κ2) is 5.87. The lowest BCUT2D eigenvalue weighted by atomic mass is 10.1. The maximum atomic E-state index is 12.0. The molecule has 1 aliphatic heterocycles. The highest BCUT2D eigenvalue weighted by molar-refractivity contribution is 5.79. The second-order valence-corrected chi connectivity index (χ2v) is 4.54. The van der Waals surface area contributed by atoms with Crippen molar-refractivity contribution in [1.29, 1.82) is 0 Å². The average Bonchev–Trinajstić information content (AvgIpc) is 2.77. The zero-order valence-electron chi connectivity index (χ0n) is 10.6. The summed E-state index contributed by atoms with van der Waals surface area (Å²) < 4.78 is 5.41. The van der Waals surface area contributed by atoms with Crippen LogP contribution in [0.25, 0.3) is 0 Å². The number of β-amino-alcohol motifs (C(OH)–C–C–N with tert-alkyl or cyclic N) is 1. The number of carbonyl (C=O) groups excluding carboxylic acids is 1. The van der Waals surface area contributed by atoms with E-state index < -0.39 is 0 Å². The Hall–Kier alpha value is -1.55. The van der Waals surface area contributed by atoms with E-state index in [9.17, 15) is 9.90 Å². The van der Waals surface area contributed by atoms with Crippen LogP contribution >= 0.6 is 0 Å². The zero-order valence-corrected chi connectivity index (χ0v) is 10.6. The minimum atomic E-state index is -0.358. The number of amides is 1. The first-order chi connectivity index (χ1) is 8.69. The van der Waals surface area contributed by atoms with Crippen molar-refractivity contribution in [3.63, 3.8) is 0 Å². The molecule has 1 aromatic rings. The Balaban J connectivity index is 1.96. The molecule has 1 fully saturated rings. The summed E-state index contributed by atoms with van der Waals surface area (Å²) in [7, 11) is 0. The van der Waals surface area contributed by atoms with Crippen LogP contribution in [-0.2, 0) is 11.2 Å². The van der Waals surface area contributed by atoms with E-state index in [0.29, 0.717) is 32.5 Å². The van der Waals surface area contributed by atoms with Crippen LogP contribution in [0.5, 0.6) is 5.75 Å². The van der Waals surface area contributed by atoms with E-state index in [1.807, 2.05) is 31.2 Å². The van der Waals surface area contributed by atoms with Gasteiger partial charge in [-0.25, -0.2) is 0 Å². The fourth-order valence-electron chi connectivity index (χ4n) is 2.17. The first kappa shape index (κ1) is 12.9. The van der Waals surface area contributed by atoms with E-state index in [1.165, 1.54) is 0 Å². The van der Waals surface area contributed by atoms with Gasteiger partial charge in [0.05, 0.1) is 19.1 Å². The third-order valence-corrected chi connectivity index (χ3v) is 3.08. The summed E-state index contributed by atoms with van der Waals surface area (Å²) in [6.07, 6.45) is 0.696. The number of aliphatic hydroxyl groups is 1. The van der Waals surface area contributed by atoms with Crippen LogP contribution in [0, 0.1) is 0 Å². The van der Waals surface area contributed by atoms with Crippen LogP contribution in [0.4, 0.5) is 0 Å². The smallest absolute Gasteiger partial charge is 0.227 e. The molecule has 1 N–H and O–H groups in total. The Morgan fingerprint density at radius 1 is 1.56 bits per heavy atom. The van der Waals surface area contributed by atoms with Gasteiger partial charge in [-0.05, 0) is 31.0 Å². The Morgan fingerprint density at radius 2 is 2.39 bits per heavy atom. The third kappa shape index (κ3) is 3.23. The molecule has 0 aliphatic carbocycles. The SMILES string of the molecule is CCOc1cccc(CC(=O)N2CC[C@@H](O)C2)c1. The lowest BCUT2D eigenvalue weighted by Gasteiger charge is -2.15. The first-order valence-electron chi connectivity index (χ1n) is 6.36. The number of carbonyl (C=O) groups is 1. The molecule has 4 nitrogen and oxygen atoms in total. The predicted molar refractivity (Wildman–Crippen MR) is 68.5 cm³/mol. The highest BCUT2D eigenvalue weighted by Crippen LogP contribution is 2.16. The number of rotatable bonds is 4. The molecule has 1 aromatic carbocycles. The molecule has 1 saturated heterocycles. The largest absolute Gasteiger partial charge is 0.494 e. The molecule has 1 heterocycles. The quantitative estimate of drug-likeness (QED) is 0.873. The van der Waals surface area contributed by atoms with Gasteiger partial charge in [0, 0.05) is 13.1 Å². The van der Waals surface area contributed by atoms with Crippen molar-refractivity contribution in [2.75, 3.05) is 19.7 Å². The second-order valence-electron chi connectivity index (χ2n) is 4.54. The van der Waals surface area contributed by atoms with Crippen molar-refractivity contribution in [1.82, 2.24) is 4.90 Å². The van der Waals surface area contributed by atoms with Crippen LogP contribution < -0.4 is 4.74 Å². The summed E-state index contributed by atoms with van der Waals surface area (Å²) in [6, 6.07) is 7.60. The summed E-state index contributed by atoms with van der Waals surface area (Å²) >= 11 is 0. The monoisotopic (exact) mass is 249 g/mol. The Kier molecular flexibility index (Phi) is 4.20. The predicted octanol–water partition coefficient (Wildman–Crippen LogP) is 1.22. The Morgan fingerprint density at radius 3 is 3.06 bits per heavy atom. The van der Waals surface area contributed by atoms with Gasteiger partial charge in [0.25, 0.3) is 0 Å². The fourth-order valence-corrected chi connectivity index (χ4v) is 2.17. The summed E-state index contributed by atoms with van der Waals surface area (Å²) in [6.45, 7) is 3.67. The van der Waals surface area contributed by atoms with Crippen molar-refractivity contribution in [2.45, 2.75) is 25.9 Å². The van der Waals surface area contributed by atoms with Gasteiger partial charge in [-0.15, -0.1) is 0 Å².